The lowest BCUT2D eigenvalue weighted by Crippen LogP contribution is -2.06. The third-order valence-corrected chi connectivity index (χ3v) is 2.73. The minimum atomic E-state index is -1.04. The Labute approximate surface area is 97.2 Å². The Bertz CT molecular complexity index is 589. The molecule has 0 fully saturated rings. The van der Waals surface area contributed by atoms with Crippen molar-refractivity contribution in [3.8, 4) is 5.75 Å². The number of aryl methyl sites for hydroxylation is 1. The van der Waals surface area contributed by atoms with E-state index in [2.05, 4.69) is 0 Å². The van der Waals surface area contributed by atoms with E-state index in [4.69, 9.17) is 9.84 Å². The second-order valence-corrected chi connectivity index (χ2v) is 3.59. The lowest BCUT2D eigenvalue weighted by Gasteiger charge is -2.06. The van der Waals surface area contributed by atoms with E-state index in [1.807, 2.05) is 6.92 Å². The zero-order valence-electron chi connectivity index (χ0n) is 9.53. The Hall–Kier alpha value is -2.04. The third-order valence-electron chi connectivity index (χ3n) is 2.73. The summed E-state index contributed by atoms with van der Waals surface area (Å²) in [6, 6.07) is 4.27. The lowest BCUT2D eigenvalue weighted by atomic mass is 10.2. The van der Waals surface area contributed by atoms with Crippen LogP contribution in [0.4, 0.5) is 4.39 Å². The molecule has 2 rings (SSSR count). The molecule has 0 amide bonds. The van der Waals surface area contributed by atoms with Crippen molar-refractivity contribution in [1.82, 2.24) is 4.57 Å². The summed E-state index contributed by atoms with van der Waals surface area (Å²) in [5, 5.41) is 9.55. The molecule has 0 saturated heterocycles. The van der Waals surface area contributed by atoms with Crippen LogP contribution in [0.15, 0.2) is 18.2 Å². The molecule has 1 aromatic carbocycles. The van der Waals surface area contributed by atoms with E-state index in [0.29, 0.717) is 17.4 Å². The number of aromatic nitrogens is 1. The quantitative estimate of drug-likeness (QED) is 0.892. The molecular weight excluding hydrogens is 225 g/mol. The van der Waals surface area contributed by atoms with E-state index in [-0.39, 0.29) is 11.4 Å². The Morgan fingerprint density at radius 2 is 2.24 bits per heavy atom. The molecule has 1 N–H and O–H groups in total. The van der Waals surface area contributed by atoms with E-state index in [1.54, 1.807) is 10.6 Å². The molecule has 1 aromatic heterocycles. The van der Waals surface area contributed by atoms with Crippen molar-refractivity contribution in [2.75, 3.05) is 7.11 Å². The lowest BCUT2D eigenvalue weighted by molar-refractivity contribution is 0.0686. The van der Waals surface area contributed by atoms with Crippen molar-refractivity contribution in [2.24, 2.45) is 0 Å². The smallest absolute Gasteiger partial charge is 0.352 e. The van der Waals surface area contributed by atoms with E-state index in [9.17, 15) is 9.18 Å². The van der Waals surface area contributed by atoms with Crippen LogP contribution >= 0.6 is 0 Å². The fourth-order valence-electron chi connectivity index (χ4n) is 2.01. The number of aromatic carboxylic acids is 1. The zero-order valence-corrected chi connectivity index (χ0v) is 9.53. The molecule has 2 aromatic rings. The third kappa shape index (κ3) is 1.63. The number of rotatable bonds is 3. The number of halogens is 1. The highest BCUT2D eigenvalue weighted by Gasteiger charge is 2.18. The standard InChI is InChI=1S/C12H12FNO3/c1-3-14-9-5-4-8(13)11(17-2)7(9)6-10(14)12(15)16/h4-6H,3H2,1-2H3,(H,15,16). The fraction of sp³-hybridized carbons (Fsp3) is 0.250. The van der Waals surface area contributed by atoms with Crippen LogP contribution in [0, 0.1) is 5.82 Å². The predicted octanol–water partition coefficient (Wildman–Crippen LogP) is 2.51. The molecule has 1 heterocycles. The van der Waals surface area contributed by atoms with Crippen LogP contribution in [-0.4, -0.2) is 22.8 Å². The summed E-state index contributed by atoms with van der Waals surface area (Å²) < 4.78 is 20.1. The largest absolute Gasteiger partial charge is 0.493 e. The molecule has 0 aliphatic heterocycles. The normalized spacial score (nSPS) is 10.8. The molecule has 0 spiro atoms. The van der Waals surface area contributed by atoms with Crippen LogP contribution in [0.3, 0.4) is 0 Å². The van der Waals surface area contributed by atoms with Gasteiger partial charge >= 0.3 is 5.97 Å². The van der Waals surface area contributed by atoms with Crippen LogP contribution < -0.4 is 4.74 Å². The topological polar surface area (TPSA) is 51.5 Å². The predicted molar refractivity (Wildman–Crippen MR) is 61.1 cm³/mol. The molecule has 4 nitrogen and oxygen atoms in total. The number of hydrogen-bond donors (Lipinski definition) is 1. The Balaban J connectivity index is 2.85. The van der Waals surface area contributed by atoms with Gasteiger partial charge < -0.3 is 14.4 Å². The first kappa shape index (κ1) is 11.4. The number of nitrogens with zero attached hydrogens (tertiary/aromatic N) is 1. The average molecular weight is 237 g/mol. The number of methoxy groups -OCH3 is 1. The first-order valence-electron chi connectivity index (χ1n) is 5.19. The number of carboxylic acids is 1. The number of hydrogen-bond acceptors (Lipinski definition) is 2. The van der Waals surface area contributed by atoms with Crippen LogP contribution in [-0.2, 0) is 6.54 Å². The summed E-state index contributed by atoms with van der Waals surface area (Å²) >= 11 is 0. The number of benzene rings is 1. The highest BCUT2D eigenvalue weighted by molar-refractivity contribution is 5.97. The number of fused-ring (bicyclic) bond motifs is 1. The van der Waals surface area contributed by atoms with Crippen molar-refractivity contribution < 1.29 is 19.0 Å². The van der Waals surface area contributed by atoms with Gasteiger partial charge in [-0.15, -0.1) is 0 Å². The molecular formula is C12H12FNO3. The second-order valence-electron chi connectivity index (χ2n) is 3.59. The van der Waals surface area contributed by atoms with E-state index >= 15 is 0 Å². The van der Waals surface area contributed by atoms with Crippen molar-refractivity contribution in [2.45, 2.75) is 13.5 Å². The van der Waals surface area contributed by atoms with E-state index < -0.39 is 11.8 Å². The van der Waals surface area contributed by atoms with Gasteiger partial charge in [0.25, 0.3) is 0 Å². The number of carbonyl (C=O) groups is 1. The number of ether oxygens (including phenoxy) is 1. The minimum Gasteiger partial charge on any atom is -0.493 e. The molecule has 0 bridgehead atoms. The summed E-state index contributed by atoms with van der Waals surface area (Å²) in [7, 11) is 1.36. The molecule has 5 heteroatoms. The molecule has 0 radical (unpaired) electrons. The van der Waals surface area contributed by atoms with Gasteiger partial charge in [0.05, 0.1) is 12.6 Å². The Kier molecular flexibility index (Phi) is 2.75. The van der Waals surface area contributed by atoms with Crippen LogP contribution in [0.5, 0.6) is 5.75 Å². The Morgan fingerprint density at radius 1 is 1.53 bits per heavy atom. The van der Waals surface area contributed by atoms with Gasteiger partial charge in [-0.05, 0) is 25.1 Å². The van der Waals surface area contributed by atoms with Gasteiger partial charge in [0.1, 0.15) is 5.69 Å². The summed E-state index contributed by atoms with van der Waals surface area (Å²) in [5.74, 6) is -1.45. The maximum absolute atomic E-state index is 13.5. The molecule has 0 saturated carbocycles. The van der Waals surface area contributed by atoms with Crippen molar-refractivity contribution in [3.05, 3.63) is 29.7 Å². The van der Waals surface area contributed by atoms with E-state index in [1.165, 1.54) is 19.2 Å². The van der Waals surface area contributed by atoms with Gasteiger partial charge in [-0.1, -0.05) is 0 Å². The molecule has 90 valence electrons. The maximum Gasteiger partial charge on any atom is 0.352 e. The maximum atomic E-state index is 13.5. The first-order chi connectivity index (χ1) is 8.10. The first-order valence-corrected chi connectivity index (χ1v) is 5.19. The highest BCUT2D eigenvalue weighted by atomic mass is 19.1. The van der Waals surface area contributed by atoms with Gasteiger partial charge in [0.2, 0.25) is 0 Å². The zero-order chi connectivity index (χ0) is 12.6. The van der Waals surface area contributed by atoms with Crippen LogP contribution in [0.1, 0.15) is 17.4 Å². The van der Waals surface area contributed by atoms with Crippen LogP contribution in [0.25, 0.3) is 10.9 Å². The summed E-state index contributed by atoms with van der Waals surface area (Å²) in [6.07, 6.45) is 0. The van der Waals surface area contributed by atoms with Gasteiger partial charge in [0.15, 0.2) is 11.6 Å². The van der Waals surface area contributed by atoms with Crippen LogP contribution in [0.2, 0.25) is 0 Å². The summed E-state index contributed by atoms with van der Waals surface area (Å²) in [6.45, 7) is 2.33. The van der Waals surface area contributed by atoms with Gasteiger partial charge in [0, 0.05) is 11.9 Å². The molecule has 17 heavy (non-hydrogen) atoms. The SMILES string of the molecule is CCn1c(C(=O)O)cc2c(OC)c(F)ccc21. The van der Waals surface area contributed by atoms with Gasteiger partial charge in [-0.25, -0.2) is 9.18 Å². The molecule has 0 aliphatic rings. The summed E-state index contributed by atoms with van der Waals surface area (Å²) in [5.41, 5.74) is 0.787. The second kappa shape index (κ2) is 4.08. The van der Waals surface area contributed by atoms with Crippen molar-refractivity contribution in [1.29, 1.82) is 0 Å². The fourth-order valence-corrected chi connectivity index (χ4v) is 2.01. The highest BCUT2D eigenvalue weighted by Crippen LogP contribution is 2.31. The molecule has 0 unspecified atom stereocenters. The van der Waals surface area contributed by atoms with E-state index in [0.717, 1.165) is 0 Å². The minimum absolute atomic E-state index is 0.0807. The van der Waals surface area contributed by atoms with Gasteiger partial charge in [-0.2, -0.15) is 0 Å². The van der Waals surface area contributed by atoms with Gasteiger partial charge in [-0.3, -0.25) is 0 Å². The summed E-state index contributed by atoms with van der Waals surface area (Å²) in [4.78, 5) is 11.1. The monoisotopic (exact) mass is 237 g/mol. The molecule has 0 aliphatic carbocycles. The molecule has 0 atom stereocenters. The number of carboxylic acid groups (broad SMARTS) is 1. The van der Waals surface area contributed by atoms with Crippen molar-refractivity contribution in [3.63, 3.8) is 0 Å². The average Bonchev–Trinajstić information content (AvgIpc) is 2.67. The Morgan fingerprint density at radius 3 is 2.76 bits per heavy atom. The van der Waals surface area contributed by atoms with Crippen molar-refractivity contribution >= 4 is 16.9 Å².